The molecule has 2 aromatic rings. The highest BCUT2D eigenvalue weighted by Crippen LogP contribution is 2.24. The molecule has 0 aliphatic carbocycles. The van der Waals surface area contributed by atoms with Gasteiger partial charge in [-0.2, -0.15) is 0 Å². The number of benzene rings is 2. The molecule has 1 atom stereocenters. The Labute approximate surface area is 115 Å². The number of rotatable bonds is 4. The molecule has 2 aromatic carbocycles. The van der Waals surface area contributed by atoms with Crippen molar-refractivity contribution in [3.8, 4) is 5.75 Å². The average molecular weight is 255 g/mol. The van der Waals surface area contributed by atoms with Crippen LogP contribution in [0.5, 0.6) is 5.75 Å². The van der Waals surface area contributed by atoms with Gasteiger partial charge in [0.15, 0.2) is 0 Å². The predicted molar refractivity (Wildman–Crippen MR) is 79.6 cm³/mol. The summed E-state index contributed by atoms with van der Waals surface area (Å²) in [5.74, 6) is 1.38. The number of methoxy groups -OCH3 is 1. The molecule has 100 valence electrons. The van der Waals surface area contributed by atoms with Gasteiger partial charge in [-0.25, -0.2) is 0 Å². The Morgan fingerprint density at radius 2 is 1.53 bits per heavy atom. The van der Waals surface area contributed by atoms with Gasteiger partial charge in [-0.1, -0.05) is 50.2 Å². The summed E-state index contributed by atoms with van der Waals surface area (Å²) in [6.45, 7) is 4.38. The van der Waals surface area contributed by atoms with Crippen molar-refractivity contribution in [1.29, 1.82) is 0 Å². The van der Waals surface area contributed by atoms with Crippen molar-refractivity contribution < 1.29 is 4.74 Å². The molecular weight excluding hydrogens is 234 g/mol. The van der Waals surface area contributed by atoms with E-state index in [0.29, 0.717) is 5.92 Å². The Morgan fingerprint density at radius 1 is 0.895 bits per heavy atom. The first-order valence-electron chi connectivity index (χ1n) is 6.61. The Hall–Kier alpha value is -1.80. The predicted octanol–water partition coefficient (Wildman–Crippen LogP) is 3.87. The van der Waals surface area contributed by atoms with Crippen LogP contribution in [0.25, 0.3) is 0 Å². The van der Waals surface area contributed by atoms with Gasteiger partial charge in [-0.15, -0.1) is 0 Å². The van der Waals surface area contributed by atoms with Gasteiger partial charge in [0.05, 0.1) is 13.2 Å². The highest BCUT2D eigenvalue weighted by atomic mass is 16.5. The lowest BCUT2D eigenvalue weighted by atomic mass is 9.96. The van der Waals surface area contributed by atoms with Gasteiger partial charge in [0, 0.05) is 0 Å². The van der Waals surface area contributed by atoms with Crippen LogP contribution in [0, 0.1) is 0 Å². The van der Waals surface area contributed by atoms with Gasteiger partial charge in [-0.3, -0.25) is 0 Å². The summed E-state index contributed by atoms with van der Waals surface area (Å²) in [7, 11) is 1.67. The van der Waals surface area contributed by atoms with E-state index in [4.69, 9.17) is 10.5 Å². The molecule has 0 aromatic heterocycles. The van der Waals surface area contributed by atoms with Crippen molar-refractivity contribution in [2.45, 2.75) is 25.8 Å². The monoisotopic (exact) mass is 255 g/mol. The fourth-order valence-electron chi connectivity index (χ4n) is 2.12. The highest BCUT2D eigenvalue weighted by molar-refractivity contribution is 5.37. The van der Waals surface area contributed by atoms with Gasteiger partial charge >= 0.3 is 0 Å². The molecule has 2 heteroatoms. The lowest BCUT2D eigenvalue weighted by Gasteiger charge is -2.15. The Balaban J connectivity index is 2.25. The number of hydrogen-bond acceptors (Lipinski definition) is 2. The Kier molecular flexibility index (Phi) is 4.23. The zero-order valence-electron chi connectivity index (χ0n) is 11.8. The SMILES string of the molecule is COc1cccc(C(N)c2ccc(C(C)C)cc2)c1. The molecule has 0 saturated heterocycles. The van der Waals surface area contributed by atoms with E-state index in [-0.39, 0.29) is 6.04 Å². The van der Waals surface area contributed by atoms with Crippen LogP contribution in [0.2, 0.25) is 0 Å². The smallest absolute Gasteiger partial charge is 0.119 e. The molecule has 0 bridgehead atoms. The summed E-state index contributed by atoms with van der Waals surface area (Å²) >= 11 is 0. The Bertz CT molecular complexity index is 531. The van der Waals surface area contributed by atoms with Gasteiger partial charge in [-0.05, 0) is 34.7 Å². The summed E-state index contributed by atoms with van der Waals surface area (Å²) in [6, 6.07) is 16.3. The van der Waals surface area contributed by atoms with E-state index >= 15 is 0 Å². The molecule has 1 unspecified atom stereocenters. The van der Waals surface area contributed by atoms with Gasteiger partial charge < -0.3 is 10.5 Å². The Morgan fingerprint density at radius 3 is 2.11 bits per heavy atom. The maximum atomic E-state index is 6.31. The van der Waals surface area contributed by atoms with E-state index in [0.717, 1.165) is 16.9 Å². The number of ether oxygens (including phenoxy) is 1. The molecule has 0 aliphatic rings. The second kappa shape index (κ2) is 5.89. The lowest BCUT2D eigenvalue weighted by Crippen LogP contribution is -2.11. The molecule has 0 radical (unpaired) electrons. The van der Waals surface area contributed by atoms with Crippen molar-refractivity contribution in [2.75, 3.05) is 7.11 Å². The van der Waals surface area contributed by atoms with Gasteiger partial charge in [0.1, 0.15) is 5.75 Å². The summed E-state index contributed by atoms with van der Waals surface area (Å²) < 4.78 is 5.24. The molecule has 0 saturated carbocycles. The molecule has 19 heavy (non-hydrogen) atoms. The number of hydrogen-bond donors (Lipinski definition) is 1. The quantitative estimate of drug-likeness (QED) is 0.900. The molecule has 0 heterocycles. The van der Waals surface area contributed by atoms with Crippen LogP contribution in [0.1, 0.15) is 42.5 Å². The van der Waals surface area contributed by atoms with E-state index in [1.165, 1.54) is 5.56 Å². The second-order valence-corrected chi connectivity index (χ2v) is 5.08. The van der Waals surface area contributed by atoms with E-state index in [1.54, 1.807) is 7.11 Å². The minimum atomic E-state index is -0.115. The van der Waals surface area contributed by atoms with Crippen molar-refractivity contribution in [3.05, 3.63) is 65.2 Å². The molecular formula is C17H21NO. The summed E-state index contributed by atoms with van der Waals surface area (Å²) in [6.07, 6.45) is 0. The van der Waals surface area contributed by atoms with E-state index in [1.807, 2.05) is 24.3 Å². The zero-order chi connectivity index (χ0) is 13.8. The fourth-order valence-corrected chi connectivity index (χ4v) is 2.12. The van der Waals surface area contributed by atoms with Gasteiger partial charge in [0.2, 0.25) is 0 Å². The van der Waals surface area contributed by atoms with E-state index in [9.17, 15) is 0 Å². The topological polar surface area (TPSA) is 35.2 Å². The van der Waals surface area contributed by atoms with E-state index in [2.05, 4.69) is 38.1 Å². The van der Waals surface area contributed by atoms with Crippen LogP contribution in [0.15, 0.2) is 48.5 Å². The van der Waals surface area contributed by atoms with Crippen molar-refractivity contribution in [1.82, 2.24) is 0 Å². The van der Waals surface area contributed by atoms with Crippen molar-refractivity contribution in [3.63, 3.8) is 0 Å². The molecule has 0 spiro atoms. The minimum Gasteiger partial charge on any atom is -0.497 e. The van der Waals surface area contributed by atoms with Crippen LogP contribution in [-0.2, 0) is 0 Å². The maximum absolute atomic E-state index is 6.31. The highest BCUT2D eigenvalue weighted by Gasteiger charge is 2.10. The molecule has 2 rings (SSSR count). The largest absolute Gasteiger partial charge is 0.497 e. The fraction of sp³-hybridized carbons (Fsp3) is 0.294. The lowest BCUT2D eigenvalue weighted by molar-refractivity contribution is 0.414. The molecule has 0 fully saturated rings. The average Bonchev–Trinajstić information content (AvgIpc) is 2.46. The number of nitrogens with two attached hydrogens (primary N) is 1. The maximum Gasteiger partial charge on any atom is 0.119 e. The van der Waals surface area contributed by atoms with Crippen LogP contribution < -0.4 is 10.5 Å². The molecule has 0 aliphatic heterocycles. The third-order valence-electron chi connectivity index (χ3n) is 3.42. The summed E-state index contributed by atoms with van der Waals surface area (Å²) in [5, 5.41) is 0. The standard InChI is InChI=1S/C17H21NO/c1-12(2)13-7-9-14(10-8-13)17(18)15-5-4-6-16(11-15)19-3/h4-12,17H,18H2,1-3H3. The first-order valence-corrected chi connectivity index (χ1v) is 6.61. The van der Waals surface area contributed by atoms with Crippen molar-refractivity contribution in [2.24, 2.45) is 5.73 Å². The van der Waals surface area contributed by atoms with Crippen LogP contribution in [-0.4, -0.2) is 7.11 Å². The van der Waals surface area contributed by atoms with Crippen LogP contribution in [0.3, 0.4) is 0 Å². The normalized spacial score (nSPS) is 12.5. The first-order chi connectivity index (χ1) is 9.11. The molecule has 0 amide bonds. The summed E-state index contributed by atoms with van der Waals surface area (Å²) in [4.78, 5) is 0. The second-order valence-electron chi connectivity index (χ2n) is 5.08. The third-order valence-corrected chi connectivity index (χ3v) is 3.42. The van der Waals surface area contributed by atoms with Crippen LogP contribution in [0.4, 0.5) is 0 Å². The first kappa shape index (κ1) is 13.6. The third kappa shape index (κ3) is 3.15. The van der Waals surface area contributed by atoms with Gasteiger partial charge in [0.25, 0.3) is 0 Å². The molecule has 2 N–H and O–H groups in total. The zero-order valence-corrected chi connectivity index (χ0v) is 11.8. The van der Waals surface area contributed by atoms with E-state index < -0.39 is 0 Å². The van der Waals surface area contributed by atoms with Crippen molar-refractivity contribution >= 4 is 0 Å². The van der Waals surface area contributed by atoms with Crippen LogP contribution >= 0.6 is 0 Å². The molecule has 2 nitrogen and oxygen atoms in total. The minimum absolute atomic E-state index is 0.115. The summed E-state index contributed by atoms with van der Waals surface area (Å²) in [5.41, 5.74) is 9.83.